The quantitative estimate of drug-likeness (QED) is 0.786. The third kappa shape index (κ3) is 2.37. The summed E-state index contributed by atoms with van der Waals surface area (Å²) in [5.74, 6) is 0.386. The van der Waals surface area contributed by atoms with Crippen LogP contribution >= 0.6 is 0 Å². The predicted molar refractivity (Wildman–Crippen MR) is 60.6 cm³/mol. The number of piperidine rings is 1. The van der Waals surface area contributed by atoms with E-state index in [0.29, 0.717) is 5.92 Å². The summed E-state index contributed by atoms with van der Waals surface area (Å²) in [4.78, 5) is 0. The molecule has 0 bridgehead atoms. The van der Waals surface area contributed by atoms with E-state index in [1.807, 2.05) is 12.1 Å². The first kappa shape index (κ1) is 10.6. The van der Waals surface area contributed by atoms with Crippen molar-refractivity contribution in [1.82, 2.24) is 5.32 Å². The smallest absolute Gasteiger partial charge is 0.126 e. The van der Waals surface area contributed by atoms with Gasteiger partial charge in [0.25, 0.3) is 0 Å². The highest BCUT2D eigenvalue weighted by molar-refractivity contribution is 5.28. The molecule has 15 heavy (non-hydrogen) atoms. The molecule has 2 heteroatoms. The third-order valence-corrected chi connectivity index (χ3v) is 3.25. The Bertz CT molecular complexity index is 329. The van der Waals surface area contributed by atoms with Crippen LogP contribution < -0.4 is 5.32 Å². The number of hydrogen-bond acceptors (Lipinski definition) is 1. The molecule has 1 aliphatic rings. The summed E-state index contributed by atoms with van der Waals surface area (Å²) in [7, 11) is 0. The average Bonchev–Trinajstić information content (AvgIpc) is 2.31. The van der Waals surface area contributed by atoms with E-state index in [1.54, 1.807) is 6.07 Å². The van der Waals surface area contributed by atoms with Gasteiger partial charge >= 0.3 is 0 Å². The van der Waals surface area contributed by atoms with Crippen LogP contribution in [0.2, 0.25) is 0 Å². The lowest BCUT2D eigenvalue weighted by atomic mass is 9.88. The van der Waals surface area contributed by atoms with Gasteiger partial charge in [-0.25, -0.2) is 4.39 Å². The fourth-order valence-corrected chi connectivity index (χ4v) is 2.26. The van der Waals surface area contributed by atoms with Crippen molar-refractivity contribution in [3.63, 3.8) is 0 Å². The lowest BCUT2D eigenvalue weighted by Crippen LogP contribution is -2.27. The Morgan fingerprint density at radius 2 is 2.07 bits per heavy atom. The first-order valence-corrected chi connectivity index (χ1v) is 5.80. The molecule has 82 valence electrons. The fourth-order valence-electron chi connectivity index (χ4n) is 2.26. The second kappa shape index (κ2) is 4.75. The fraction of sp³-hybridized carbons (Fsp3) is 0.538. The van der Waals surface area contributed by atoms with Gasteiger partial charge in [0.05, 0.1) is 0 Å². The molecule has 1 aliphatic heterocycles. The van der Waals surface area contributed by atoms with E-state index in [9.17, 15) is 4.39 Å². The van der Waals surface area contributed by atoms with Gasteiger partial charge in [-0.1, -0.05) is 19.1 Å². The van der Waals surface area contributed by atoms with Gasteiger partial charge in [-0.2, -0.15) is 0 Å². The Balaban J connectivity index is 2.24. The van der Waals surface area contributed by atoms with Crippen molar-refractivity contribution < 1.29 is 4.39 Å². The Labute approximate surface area is 90.7 Å². The van der Waals surface area contributed by atoms with Crippen LogP contribution in [0.25, 0.3) is 0 Å². The number of aryl methyl sites for hydroxylation is 1. The first-order chi connectivity index (χ1) is 7.31. The van der Waals surface area contributed by atoms with Gasteiger partial charge in [-0.15, -0.1) is 0 Å². The van der Waals surface area contributed by atoms with E-state index in [4.69, 9.17) is 0 Å². The molecule has 0 saturated carbocycles. The molecule has 1 aromatic rings. The van der Waals surface area contributed by atoms with E-state index in [2.05, 4.69) is 12.2 Å². The van der Waals surface area contributed by atoms with Crippen molar-refractivity contribution >= 4 is 0 Å². The highest BCUT2D eigenvalue weighted by Crippen LogP contribution is 2.28. The zero-order valence-electron chi connectivity index (χ0n) is 9.22. The van der Waals surface area contributed by atoms with Crippen molar-refractivity contribution in [3.8, 4) is 0 Å². The Kier molecular flexibility index (Phi) is 3.37. The Hall–Kier alpha value is -0.890. The van der Waals surface area contributed by atoms with Gasteiger partial charge in [0.1, 0.15) is 5.82 Å². The molecule has 1 nitrogen and oxygen atoms in total. The highest BCUT2D eigenvalue weighted by Gasteiger charge is 2.18. The molecule has 0 atom stereocenters. The maximum Gasteiger partial charge on any atom is 0.126 e. The van der Waals surface area contributed by atoms with Gasteiger partial charge in [0.2, 0.25) is 0 Å². The second-order valence-corrected chi connectivity index (χ2v) is 4.23. The van der Waals surface area contributed by atoms with Crippen LogP contribution in [0.3, 0.4) is 0 Å². The minimum Gasteiger partial charge on any atom is -0.317 e. The lowest BCUT2D eigenvalue weighted by Gasteiger charge is -2.23. The molecule has 0 amide bonds. The highest BCUT2D eigenvalue weighted by atomic mass is 19.1. The monoisotopic (exact) mass is 207 g/mol. The molecule has 0 aliphatic carbocycles. The molecule has 0 unspecified atom stereocenters. The molecule has 2 rings (SSSR count). The molecular weight excluding hydrogens is 189 g/mol. The van der Waals surface area contributed by atoms with Crippen molar-refractivity contribution in [2.24, 2.45) is 0 Å². The average molecular weight is 207 g/mol. The largest absolute Gasteiger partial charge is 0.317 e. The topological polar surface area (TPSA) is 12.0 Å². The van der Waals surface area contributed by atoms with Crippen LogP contribution in [-0.2, 0) is 6.42 Å². The van der Waals surface area contributed by atoms with E-state index >= 15 is 0 Å². The first-order valence-electron chi connectivity index (χ1n) is 5.80. The number of hydrogen-bond donors (Lipinski definition) is 1. The predicted octanol–water partition coefficient (Wildman–Crippen LogP) is 2.86. The van der Waals surface area contributed by atoms with Gasteiger partial charge in [-0.3, -0.25) is 0 Å². The summed E-state index contributed by atoms with van der Waals surface area (Å²) >= 11 is 0. The summed E-state index contributed by atoms with van der Waals surface area (Å²) in [6, 6.07) is 5.56. The summed E-state index contributed by atoms with van der Waals surface area (Å²) in [5.41, 5.74) is 2.17. The van der Waals surface area contributed by atoms with Crippen LogP contribution in [-0.4, -0.2) is 13.1 Å². The van der Waals surface area contributed by atoms with Gasteiger partial charge in [0, 0.05) is 0 Å². The maximum atomic E-state index is 13.7. The SMILES string of the molecule is CCc1ccc(F)c(C2CCNCC2)c1. The molecule has 0 aromatic heterocycles. The van der Waals surface area contributed by atoms with Crippen molar-refractivity contribution in [1.29, 1.82) is 0 Å². The number of benzene rings is 1. The number of halogens is 1. The van der Waals surface area contributed by atoms with E-state index in [-0.39, 0.29) is 5.82 Å². The van der Waals surface area contributed by atoms with Crippen LogP contribution in [0.1, 0.15) is 36.8 Å². The standard InChI is InChI=1S/C13H18FN/c1-2-10-3-4-13(14)12(9-10)11-5-7-15-8-6-11/h3-4,9,11,15H,2,5-8H2,1H3. The Morgan fingerprint density at radius 1 is 1.33 bits per heavy atom. The summed E-state index contributed by atoms with van der Waals surface area (Å²) in [5, 5.41) is 3.31. The molecule has 0 radical (unpaired) electrons. The zero-order valence-corrected chi connectivity index (χ0v) is 9.22. The molecule has 1 heterocycles. The van der Waals surface area contributed by atoms with Gasteiger partial charge in [0.15, 0.2) is 0 Å². The molecule has 1 saturated heterocycles. The molecule has 0 spiro atoms. The van der Waals surface area contributed by atoms with E-state index in [0.717, 1.165) is 37.9 Å². The van der Waals surface area contributed by atoms with E-state index < -0.39 is 0 Å². The van der Waals surface area contributed by atoms with Gasteiger partial charge in [-0.05, 0) is 55.5 Å². The minimum absolute atomic E-state index is 0.0286. The van der Waals surface area contributed by atoms with Crippen molar-refractivity contribution in [3.05, 3.63) is 35.1 Å². The number of rotatable bonds is 2. The minimum atomic E-state index is -0.0286. The van der Waals surface area contributed by atoms with Crippen LogP contribution in [0, 0.1) is 5.82 Å². The summed E-state index contributed by atoms with van der Waals surface area (Å²) in [6.45, 7) is 4.14. The maximum absolute atomic E-state index is 13.7. The molecule has 1 fully saturated rings. The Morgan fingerprint density at radius 3 is 2.73 bits per heavy atom. The van der Waals surface area contributed by atoms with Crippen LogP contribution in [0.5, 0.6) is 0 Å². The van der Waals surface area contributed by atoms with Crippen LogP contribution in [0.4, 0.5) is 4.39 Å². The summed E-state index contributed by atoms with van der Waals surface area (Å²) < 4.78 is 13.7. The van der Waals surface area contributed by atoms with Crippen molar-refractivity contribution in [2.45, 2.75) is 32.1 Å². The number of nitrogens with one attached hydrogen (secondary N) is 1. The molecule has 1 N–H and O–H groups in total. The molecular formula is C13H18FN. The second-order valence-electron chi connectivity index (χ2n) is 4.23. The van der Waals surface area contributed by atoms with Gasteiger partial charge < -0.3 is 5.32 Å². The third-order valence-electron chi connectivity index (χ3n) is 3.25. The lowest BCUT2D eigenvalue weighted by molar-refractivity contribution is 0.445. The molecule has 1 aromatic carbocycles. The van der Waals surface area contributed by atoms with E-state index in [1.165, 1.54) is 5.56 Å². The zero-order chi connectivity index (χ0) is 10.7. The van der Waals surface area contributed by atoms with Crippen molar-refractivity contribution in [2.75, 3.05) is 13.1 Å². The summed E-state index contributed by atoms with van der Waals surface area (Å²) in [6.07, 6.45) is 3.10. The normalized spacial score (nSPS) is 18.0. The van der Waals surface area contributed by atoms with Crippen LogP contribution in [0.15, 0.2) is 18.2 Å².